The predicted molar refractivity (Wildman–Crippen MR) is 446 cm³/mol. The maximum absolute atomic E-state index is 14.1. The van der Waals surface area contributed by atoms with Crippen LogP contribution in [0.5, 0.6) is 0 Å². The summed E-state index contributed by atoms with van der Waals surface area (Å²) in [7, 11) is 0. The molecule has 0 spiro atoms. The van der Waals surface area contributed by atoms with Crippen LogP contribution >= 0.6 is 0 Å². The molecule has 0 aromatic carbocycles. The number of amides is 11. The Morgan fingerprint density at radius 2 is 0.661 bits per heavy atom. The zero-order valence-electron chi connectivity index (χ0n) is 73.6. The number of likely N-dealkylation sites (tertiary alicyclic amines) is 1. The smallest absolute Gasteiger partial charge is 0.222 e. The molecule has 0 bridgehead atoms. The lowest BCUT2D eigenvalue weighted by molar-refractivity contribution is -0.270. The van der Waals surface area contributed by atoms with Gasteiger partial charge in [0.1, 0.15) is 78.6 Å². The Morgan fingerprint density at radius 3 is 0.968 bits per heavy atom. The normalized spacial score (nSPS) is 25.0. The molecule has 16 unspecified atom stereocenters. The largest absolute Gasteiger partial charge is 0.394 e. The number of rotatable bonds is 66. The van der Waals surface area contributed by atoms with E-state index in [2.05, 4.69) is 73.9 Å². The molecule has 20 N–H and O–H groups in total. The van der Waals surface area contributed by atoms with Gasteiger partial charge in [0.15, 0.2) is 18.9 Å². The van der Waals surface area contributed by atoms with Gasteiger partial charge in [0.05, 0.1) is 65.6 Å². The summed E-state index contributed by atoms with van der Waals surface area (Å²) in [5.74, 6) is -3.63. The molecule has 41 heteroatoms. The Bertz CT molecular complexity index is 2870. The number of ether oxygens (including phenoxy) is 9. The summed E-state index contributed by atoms with van der Waals surface area (Å²) in [5.41, 5.74) is -1.36. The topological polar surface area (TPSA) is 597 Å². The third-order valence-corrected chi connectivity index (χ3v) is 21.9. The highest BCUT2D eigenvalue weighted by atomic mass is 16.7. The van der Waals surface area contributed by atoms with Crippen LogP contribution in [0.25, 0.3) is 0 Å². The van der Waals surface area contributed by atoms with E-state index in [0.29, 0.717) is 83.6 Å². The molecular weight excluding hydrogens is 1630 g/mol. The molecule has 17 atom stereocenters. The number of carbonyl (C=O) groups is 11. The van der Waals surface area contributed by atoms with Gasteiger partial charge >= 0.3 is 0 Å². The molecule has 0 aliphatic carbocycles. The molecule has 41 nitrogen and oxygen atoms in total. The minimum absolute atomic E-state index is 0.0408. The van der Waals surface area contributed by atoms with Crippen molar-refractivity contribution in [2.24, 2.45) is 5.41 Å². The second kappa shape index (κ2) is 61.8. The van der Waals surface area contributed by atoms with Crippen molar-refractivity contribution in [1.29, 1.82) is 0 Å². The Morgan fingerprint density at radius 1 is 0.371 bits per heavy atom. The summed E-state index contributed by atoms with van der Waals surface area (Å²) >= 11 is 0. The third-order valence-electron chi connectivity index (χ3n) is 21.9. The molecule has 124 heavy (non-hydrogen) atoms. The monoisotopic (exact) mass is 1780 g/mol. The van der Waals surface area contributed by atoms with Gasteiger partial charge in [-0.1, -0.05) is 65.7 Å². The quantitative estimate of drug-likeness (QED) is 0.0270. The SMILES string of the molecule is CCC(C)(C)CC1C[C@@H](O)CN1C(=O)CCCCCCCCCCC(=O)NC(COCCC(=O)NCCCNC(=O)CCCCOC1OC(CO)C(O)C(O)C1NC(C)=O)(COCCC(=O)NCCCNC(=O)CCCCOC1OC(CO)C(O)C(O)C1NC(C)=O)COCCC(=O)NCCCNC(=O)CCCCOC1OC(CO)C(O)C(O)C1NC(C)=O. The first-order valence-corrected chi connectivity index (χ1v) is 44.4. The van der Waals surface area contributed by atoms with Crippen LogP contribution in [0.2, 0.25) is 0 Å². The highest BCUT2D eigenvalue weighted by Gasteiger charge is 2.48. The van der Waals surface area contributed by atoms with Gasteiger partial charge in [-0.15, -0.1) is 0 Å². The Hall–Kier alpha value is -6.59. The van der Waals surface area contributed by atoms with E-state index in [-0.39, 0.29) is 202 Å². The second-order valence-electron chi connectivity index (χ2n) is 33.3. The van der Waals surface area contributed by atoms with E-state index < -0.39 is 141 Å². The van der Waals surface area contributed by atoms with Crippen molar-refractivity contribution in [3.8, 4) is 0 Å². The van der Waals surface area contributed by atoms with Gasteiger partial charge in [-0.05, 0) is 88.9 Å². The lowest BCUT2D eigenvalue weighted by Crippen LogP contribution is -2.64. The maximum Gasteiger partial charge on any atom is 0.222 e. The van der Waals surface area contributed by atoms with Crippen molar-refractivity contribution < 1.29 is 146 Å². The zero-order chi connectivity index (χ0) is 91.4. The highest BCUT2D eigenvalue weighted by Crippen LogP contribution is 2.34. The van der Waals surface area contributed by atoms with Crippen LogP contribution in [-0.2, 0) is 95.4 Å². The van der Waals surface area contributed by atoms with Crippen LogP contribution in [0.1, 0.15) is 221 Å². The molecule has 4 aliphatic rings. The van der Waals surface area contributed by atoms with Crippen LogP contribution in [0.4, 0.5) is 0 Å². The first-order chi connectivity index (χ1) is 59.3. The molecule has 4 rings (SSSR count). The molecule has 0 radical (unpaired) electrons. The number of carbonyl (C=O) groups excluding carboxylic acids is 11. The zero-order valence-corrected chi connectivity index (χ0v) is 73.6. The number of nitrogens with one attached hydrogen (secondary N) is 10. The Labute approximate surface area is 728 Å². The van der Waals surface area contributed by atoms with Gasteiger partial charge in [-0.25, -0.2) is 0 Å². The van der Waals surface area contributed by atoms with E-state index in [1.54, 1.807) is 0 Å². The number of aliphatic hydroxyl groups is 10. The van der Waals surface area contributed by atoms with Gasteiger partial charge in [-0.2, -0.15) is 0 Å². The standard InChI is InChI=1S/C83H149N11O30/c1-7-82(5,6)46-57-45-58(101)47-94(57)69(109)29-15-13-11-9-8-10-12-14-28-68(108)93-83(51-116-42-30-65(105)87-36-22-33-84-62(102)25-16-19-39-119-79-70(90-54(2)98)76(113)73(110)59(48-95)122-79,52-117-43-31-66(106)88-37-23-34-85-63(103)26-17-20-40-120-80-71(91-55(3)99)77(114)74(111)60(49-96)123-80)53-118-44-32-67(107)89-38-24-35-86-64(104)27-18-21-41-121-81-72(92-56(4)100)78(115)75(112)61(50-97)124-81/h57-61,70-81,95-97,101,110-115H,7-53H2,1-6H3,(H,84,102)(H,85,103)(H,86,104)(H,87,105)(H,88,106)(H,89,107)(H,90,98)(H,91,99)(H,92,100)(H,93,108)/t57?,58-,59?,60?,61?,70?,71?,72?,73?,74?,75?,76?,77?,78?,79?,80?,81?,83?/m1/s1. The van der Waals surface area contributed by atoms with Crippen molar-refractivity contribution in [3.05, 3.63) is 0 Å². The molecule has 4 heterocycles. The van der Waals surface area contributed by atoms with Crippen LogP contribution in [0.15, 0.2) is 0 Å². The predicted octanol–water partition coefficient (Wildman–Crippen LogP) is -2.99. The first-order valence-electron chi connectivity index (χ1n) is 44.4. The maximum atomic E-state index is 14.1. The number of β-amino-alcohol motifs (C(OH)–C–C–N with tert-alkyl or cyclic N) is 1. The number of nitrogens with zero attached hydrogens (tertiary/aromatic N) is 1. The van der Waals surface area contributed by atoms with Gasteiger partial charge in [0, 0.05) is 144 Å². The Kier molecular flexibility index (Phi) is 54.7. The molecule has 0 saturated carbocycles. The van der Waals surface area contributed by atoms with Crippen LogP contribution in [0.3, 0.4) is 0 Å². The molecule has 0 aromatic rings. The van der Waals surface area contributed by atoms with Crippen molar-refractivity contribution in [2.75, 3.05) is 125 Å². The molecular formula is C83H149N11O30. The lowest BCUT2D eigenvalue weighted by atomic mass is 9.82. The summed E-state index contributed by atoms with van der Waals surface area (Å²) in [6.07, 6.45) is -3.00. The van der Waals surface area contributed by atoms with Crippen molar-refractivity contribution in [2.45, 2.75) is 331 Å². The lowest BCUT2D eigenvalue weighted by Gasteiger charge is -2.42. The van der Waals surface area contributed by atoms with Crippen molar-refractivity contribution in [3.63, 3.8) is 0 Å². The minimum Gasteiger partial charge on any atom is -0.394 e. The number of hydrogen-bond acceptors (Lipinski definition) is 30. The summed E-state index contributed by atoms with van der Waals surface area (Å²) in [6.45, 7) is 9.24. The number of aliphatic hydroxyl groups excluding tert-OH is 10. The second-order valence-corrected chi connectivity index (χ2v) is 33.3. The van der Waals surface area contributed by atoms with Crippen molar-refractivity contribution in [1.82, 2.24) is 58.1 Å². The van der Waals surface area contributed by atoms with E-state index in [9.17, 15) is 104 Å². The molecule has 4 aliphatic heterocycles. The van der Waals surface area contributed by atoms with Crippen LogP contribution < -0.4 is 53.2 Å². The van der Waals surface area contributed by atoms with E-state index >= 15 is 0 Å². The fourth-order valence-electron chi connectivity index (χ4n) is 14.6. The van der Waals surface area contributed by atoms with E-state index in [0.717, 1.165) is 57.8 Å². The number of hydrogen-bond donors (Lipinski definition) is 20. The van der Waals surface area contributed by atoms with Gasteiger partial charge in [-0.3, -0.25) is 52.7 Å². The van der Waals surface area contributed by atoms with Crippen LogP contribution in [-0.4, -0.2) is 356 Å². The summed E-state index contributed by atoms with van der Waals surface area (Å²) in [5, 5.41) is 129. The average molecular weight is 1780 g/mol. The molecule has 11 amide bonds. The van der Waals surface area contributed by atoms with Crippen LogP contribution in [0, 0.1) is 5.41 Å². The molecule has 0 aromatic heterocycles. The van der Waals surface area contributed by atoms with Gasteiger partial charge in [0.2, 0.25) is 65.0 Å². The molecule has 4 saturated heterocycles. The van der Waals surface area contributed by atoms with Gasteiger partial charge in [0.25, 0.3) is 0 Å². The third kappa shape index (κ3) is 43.9. The van der Waals surface area contributed by atoms with E-state index in [1.165, 1.54) is 20.8 Å². The fourth-order valence-corrected chi connectivity index (χ4v) is 14.6. The minimum atomic E-state index is -1.46. The fraction of sp³-hybridized carbons (Fsp3) is 0.867. The van der Waals surface area contributed by atoms with E-state index in [4.69, 9.17) is 42.6 Å². The average Bonchev–Trinajstić information content (AvgIpc) is 1.08. The van der Waals surface area contributed by atoms with Gasteiger partial charge < -0.3 is 152 Å². The van der Waals surface area contributed by atoms with E-state index in [1.807, 2.05) is 4.90 Å². The number of unbranched alkanes of at least 4 members (excludes halogenated alkanes) is 10. The Balaban J connectivity index is 1.31. The highest BCUT2D eigenvalue weighted by molar-refractivity contribution is 5.80. The summed E-state index contributed by atoms with van der Waals surface area (Å²) < 4.78 is 52.3. The summed E-state index contributed by atoms with van der Waals surface area (Å²) in [6, 6.07) is -3.25. The molecule has 4 fully saturated rings. The molecule has 716 valence electrons. The first kappa shape index (κ1) is 110. The van der Waals surface area contributed by atoms with Crippen molar-refractivity contribution >= 4 is 65.0 Å². The summed E-state index contributed by atoms with van der Waals surface area (Å²) in [4.78, 5) is 142.